The van der Waals surface area contributed by atoms with E-state index in [9.17, 15) is 9.90 Å². The number of benzene rings is 2. The van der Waals surface area contributed by atoms with Gasteiger partial charge in [0.2, 0.25) is 0 Å². The Morgan fingerprint density at radius 2 is 1.94 bits per heavy atom. The van der Waals surface area contributed by atoms with Crippen LogP contribution < -0.4 is 5.73 Å². The van der Waals surface area contributed by atoms with Crippen molar-refractivity contribution in [2.45, 2.75) is 38.5 Å². The molecule has 3 N–H and O–H groups in total. The smallest absolute Gasteiger partial charge is 0.256 e. The van der Waals surface area contributed by atoms with Gasteiger partial charge in [-0.1, -0.05) is 12.1 Å². The lowest BCUT2D eigenvalue weighted by Crippen LogP contribution is -2.26. The van der Waals surface area contributed by atoms with E-state index in [1.165, 1.54) is 23.2 Å². The first-order valence-corrected chi connectivity index (χ1v) is 11.5. The highest BCUT2D eigenvalue weighted by atomic mass is 19.1. The largest absolute Gasteiger partial charge is 0.398 e. The Labute approximate surface area is 202 Å². The lowest BCUT2D eigenvalue weighted by Gasteiger charge is -2.27. The van der Waals surface area contributed by atoms with Crippen molar-refractivity contribution in [2.75, 3.05) is 12.8 Å². The van der Waals surface area contributed by atoms with Crippen molar-refractivity contribution in [2.24, 2.45) is 10.9 Å². The first-order chi connectivity index (χ1) is 16.7. The zero-order valence-electron chi connectivity index (χ0n) is 19.6. The van der Waals surface area contributed by atoms with Crippen LogP contribution in [0.2, 0.25) is 0 Å². The Balaban J connectivity index is 1.50. The molecule has 3 aromatic rings. The molecule has 1 unspecified atom stereocenters. The quantitative estimate of drug-likeness (QED) is 0.407. The van der Waals surface area contributed by atoms with Gasteiger partial charge in [-0.15, -0.1) is 0 Å². The minimum absolute atomic E-state index is 0.130. The van der Waals surface area contributed by atoms with Crippen LogP contribution in [0.5, 0.6) is 0 Å². The van der Waals surface area contributed by atoms with E-state index in [4.69, 9.17) is 5.73 Å². The van der Waals surface area contributed by atoms with Crippen molar-refractivity contribution in [3.05, 3.63) is 82.2 Å². The molecule has 1 aliphatic heterocycles. The van der Waals surface area contributed by atoms with Crippen molar-refractivity contribution in [3.8, 4) is 11.1 Å². The molecule has 1 amide bonds. The summed E-state index contributed by atoms with van der Waals surface area (Å²) in [6.07, 6.45) is 4.96. The number of carbonyl (C=O) groups is 1. The molecule has 2 aliphatic rings. The van der Waals surface area contributed by atoms with E-state index >= 15 is 8.78 Å². The number of fused-ring (bicyclic) bond motifs is 1. The van der Waals surface area contributed by atoms with E-state index in [1.807, 2.05) is 0 Å². The number of anilines is 1. The lowest BCUT2D eigenvalue weighted by molar-refractivity contribution is 0.0338. The number of aromatic nitrogens is 1. The molecule has 2 aromatic carbocycles. The number of hydrogen-bond donors (Lipinski definition) is 2. The van der Waals surface area contributed by atoms with E-state index in [0.717, 1.165) is 12.8 Å². The van der Waals surface area contributed by atoms with Gasteiger partial charge in [-0.05, 0) is 61.1 Å². The van der Waals surface area contributed by atoms with Crippen molar-refractivity contribution < 1.29 is 18.7 Å². The molecule has 0 radical (unpaired) electrons. The number of nitrogen functional groups attached to an aromatic ring is 1. The Hall–Kier alpha value is -3.65. The molecule has 0 spiro atoms. The highest BCUT2D eigenvalue weighted by molar-refractivity contribution is 5.98. The summed E-state index contributed by atoms with van der Waals surface area (Å²) in [5.74, 6) is -1.69. The van der Waals surface area contributed by atoms with E-state index in [2.05, 4.69) is 9.98 Å². The van der Waals surface area contributed by atoms with Crippen LogP contribution in [0, 0.1) is 17.6 Å². The minimum atomic E-state index is -1.09. The Morgan fingerprint density at radius 3 is 2.57 bits per heavy atom. The molecule has 35 heavy (non-hydrogen) atoms. The molecule has 6 nitrogen and oxygen atoms in total. The van der Waals surface area contributed by atoms with Crippen molar-refractivity contribution >= 4 is 17.8 Å². The maximum atomic E-state index is 15.2. The highest BCUT2D eigenvalue weighted by Gasteiger charge is 2.42. The summed E-state index contributed by atoms with van der Waals surface area (Å²) in [5.41, 5.74) is 8.41. The van der Waals surface area contributed by atoms with Gasteiger partial charge < -0.3 is 15.7 Å². The number of halogens is 2. The molecule has 1 aromatic heterocycles. The zero-order valence-corrected chi connectivity index (χ0v) is 19.6. The Bertz CT molecular complexity index is 1340. The number of rotatable bonds is 6. The van der Waals surface area contributed by atoms with Crippen LogP contribution >= 0.6 is 0 Å². The number of aliphatic hydroxyl groups is 1. The first-order valence-electron chi connectivity index (χ1n) is 11.5. The van der Waals surface area contributed by atoms with Crippen LogP contribution in [0.4, 0.5) is 14.5 Å². The Morgan fingerprint density at radius 1 is 1.23 bits per heavy atom. The van der Waals surface area contributed by atoms with Crippen LogP contribution in [-0.4, -0.2) is 34.2 Å². The van der Waals surface area contributed by atoms with Crippen LogP contribution in [0.1, 0.15) is 52.5 Å². The van der Waals surface area contributed by atoms with Gasteiger partial charge in [-0.2, -0.15) is 0 Å². The van der Waals surface area contributed by atoms with Crippen LogP contribution in [0.3, 0.4) is 0 Å². The minimum Gasteiger partial charge on any atom is -0.398 e. The predicted molar refractivity (Wildman–Crippen MR) is 130 cm³/mol. The van der Waals surface area contributed by atoms with Crippen molar-refractivity contribution in [1.29, 1.82) is 0 Å². The molecule has 1 fully saturated rings. The number of carbonyl (C=O) groups excluding carboxylic acids is 1. The third kappa shape index (κ3) is 3.97. The van der Waals surface area contributed by atoms with Gasteiger partial charge in [0.05, 0.1) is 29.9 Å². The van der Waals surface area contributed by atoms with Gasteiger partial charge >= 0.3 is 0 Å². The van der Waals surface area contributed by atoms with Gasteiger partial charge in [-0.3, -0.25) is 14.8 Å². The molecular formula is C27H26F2N4O2. The maximum absolute atomic E-state index is 15.2. The molecule has 0 saturated heterocycles. The second-order valence-corrected chi connectivity index (χ2v) is 9.37. The van der Waals surface area contributed by atoms with E-state index < -0.39 is 17.2 Å². The number of nitrogens with zero attached hydrogens (tertiary/aromatic N) is 3. The lowest BCUT2D eigenvalue weighted by atomic mass is 9.85. The highest BCUT2D eigenvalue weighted by Crippen LogP contribution is 2.48. The van der Waals surface area contributed by atoms with Crippen molar-refractivity contribution in [3.63, 3.8) is 0 Å². The standard InChI is InChI=1S/C27H26F2N4O2/c1-27(35,16-5-6-16)21-8-7-17(19(12-31-2)25(21)30)15-10-22(28)20(23(29)11-15)13-33-14-24-18(26(33)34)4-3-9-32-24/h3-4,7-12,16,35H,5-6,13-14,30H2,1-2H3. The fraction of sp³-hybridized carbons (Fsp3) is 0.296. The first kappa shape index (κ1) is 23.1. The number of pyridine rings is 1. The third-order valence-electron chi connectivity index (χ3n) is 7.01. The second kappa shape index (κ2) is 8.53. The third-order valence-corrected chi connectivity index (χ3v) is 7.01. The average Bonchev–Trinajstić information content (AvgIpc) is 3.63. The van der Waals surface area contributed by atoms with E-state index in [0.29, 0.717) is 39.2 Å². The van der Waals surface area contributed by atoms with E-state index in [1.54, 1.807) is 44.4 Å². The van der Waals surface area contributed by atoms with E-state index in [-0.39, 0.29) is 30.5 Å². The van der Waals surface area contributed by atoms with Crippen LogP contribution in [-0.2, 0) is 18.7 Å². The summed E-state index contributed by atoms with van der Waals surface area (Å²) in [7, 11) is 1.58. The normalized spacial score (nSPS) is 17.2. The van der Waals surface area contributed by atoms with Gasteiger partial charge in [0.15, 0.2) is 0 Å². The molecule has 0 bridgehead atoms. The summed E-state index contributed by atoms with van der Waals surface area (Å²) < 4.78 is 30.4. The predicted octanol–water partition coefficient (Wildman–Crippen LogP) is 4.43. The number of nitrogens with two attached hydrogens (primary N) is 1. The molecule has 8 heteroatoms. The van der Waals surface area contributed by atoms with Gasteiger partial charge in [-0.25, -0.2) is 8.78 Å². The molecule has 1 atom stereocenters. The second-order valence-electron chi connectivity index (χ2n) is 9.37. The summed E-state index contributed by atoms with van der Waals surface area (Å²) in [4.78, 5) is 22.3. The molecular weight excluding hydrogens is 450 g/mol. The maximum Gasteiger partial charge on any atom is 0.256 e. The van der Waals surface area contributed by atoms with Gasteiger partial charge in [0, 0.05) is 41.8 Å². The zero-order chi connectivity index (χ0) is 24.9. The number of hydrogen-bond acceptors (Lipinski definition) is 5. The van der Waals surface area contributed by atoms with Crippen molar-refractivity contribution in [1.82, 2.24) is 9.88 Å². The Kier molecular flexibility index (Phi) is 5.63. The van der Waals surface area contributed by atoms with Crippen LogP contribution in [0.25, 0.3) is 11.1 Å². The number of amides is 1. The summed E-state index contributed by atoms with van der Waals surface area (Å²) in [5, 5.41) is 11.0. The molecule has 1 saturated carbocycles. The fourth-order valence-electron chi connectivity index (χ4n) is 4.87. The summed E-state index contributed by atoms with van der Waals surface area (Å²) in [6, 6.07) is 9.22. The SMILES string of the molecule is CN=Cc1c(-c2cc(F)c(CN3Cc4ncccc4C3=O)c(F)c2)ccc(C(C)(O)C2CC2)c1N. The topological polar surface area (TPSA) is 91.8 Å². The fourth-order valence-corrected chi connectivity index (χ4v) is 4.87. The monoisotopic (exact) mass is 476 g/mol. The van der Waals surface area contributed by atoms with Gasteiger partial charge in [0.1, 0.15) is 11.6 Å². The molecule has 5 rings (SSSR count). The molecule has 180 valence electrons. The molecule has 2 heterocycles. The molecule has 1 aliphatic carbocycles. The van der Waals surface area contributed by atoms with Crippen LogP contribution in [0.15, 0.2) is 47.6 Å². The summed E-state index contributed by atoms with van der Waals surface area (Å²) >= 11 is 0. The number of aliphatic imine (C=N–C) groups is 1. The summed E-state index contributed by atoms with van der Waals surface area (Å²) in [6.45, 7) is 1.73. The average molecular weight is 477 g/mol. The van der Waals surface area contributed by atoms with Gasteiger partial charge in [0.25, 0.3) is 5.91 Å².